The van der Waals surface area contributed by atoms with Crippen LogP contribution in [-0.2, 0) is 59.8 Å². The van der Waals surface area contributed by atoms with E-state index >= 15 is 0 Å². The molecule has 2 aliphatic carbocycles. The molecule has 6 heterocycles. The zero-order valence-corrected chi connectivity index (χ0v) is 43.5. The van der Waals surface area contributed by atoms with Crippen molar-refractivity contribution in [2.45, 2.75) is 79.4 Å². The summed E-state index contributed by atoms with van der Waals surface area (Å²) < 4.78 is 85.0. The molecule has 0 aliphatic heterocycles. The van der Waals surface area contributed by atoms with Gasteiger partial charge in [0.2, 0.25) is 11.8 Å². The molecular formula is C44H56N18O12P2. The van der Waals surface area contributed by atoms with Crippen LogP contribution < -0.4 is 32.0 Å². The van der Waals surface area contributed by atoms with Crippen LogP contribution >= 0.6 is 15.6 Å². The van der Waals surface area contributed by atoms with E-state index in [9.17, 15) is 33.2 Å². The number of rotatable bonds is 17. The predicted octanol–water partition coefficient (Wildman–Crippen LogP) is 2.60. The molecule has 2 fully saturated rings. The normalized spacial score (nSPS) is 16.3. The van der Waals surface area contributed by atoms with Crippen LogP contribution in [0, 0.1) is 25.7 Å². The number of aryl methyl sites for hydroxylation is 2. The van der Waals surface area contributed by atoms with E-state index in [0.29, 0.717) is 59.3 Å². The fraction of sp³-hybridized carbons (Fsp3) is 0.409. The fourth-order valence-electron chi connectivity index (χ4n) is 6.78. The molecule has 404 valence electrons. The lowest BCUT2D eigenvalue weighted by Crippen LogP contribution is -2.32. The lowest BCUT2D eigenvalue weighted by atomic mass is 10.1. The molecule has 6 aromatic rings. The average Bonchev–Trinajstić information content (AvgIpc) is 3.99. The van der Waals surface area contributed by atoms with E-state index in [1.807, 2.05) is 5.32 Å². The maximum absolute atomic E-state index is 13.1. The van der Waals surface area contributed by atoms with Crippen LogP contribution in [0.25, 0.3) is 22.5 Å². The molecule has 2 aliphatic rings. The highest BCUT2D eigenvalue weighted by atomic mass is 31.2. The maximum atomic E-state index is 13.1. The van der Waals surface area contributed by atoms with Gasteiger partial charge in [0.25, 0.3) is 11.8 Å². The Morgan fingerprint density at radius 1 is 0.711 bits per heavy atom. The standard InChI is InChI=1S/C24H32N9O6P.C20H24N9O6P/c1-14-16(18-12-27-32(6)30-18)9-10-26-21(14)28-17-11-19(29-22(34)15-7-8-15)33(31-20(17)23(35)25-5)13-38-40(36,37)39-24(2,3)4;1-11-13(15-9-23-28(3)26-15)6-7-22-18(11)24-14-8-16(25-19(30)12-4-5-12)29(10-35-36(32,33)34)27-17(14)20(31)21-2/h9-12,15H,7-8,13H2,1-6H3,(H,25,35)(H,29,34)(H,36,37);6-9,12H,4-5,10H2,1-3H3,(H,21,31)(H,25,30)(H2,32,33,34)/i5D3;2D3. The number of carbonyl (C=O) groups excluding carboxylic acids is 4. The van der Waals surface area contributed by atoms with Gasteiger partial charge in [0.1, 0.15) is 33.7 Å². The Bertz CT molecular complexity index is 3680. The van der Waals surface area contributed by atoms with Crippen molar-refractivity contribution in [2.24, 2.45) is 35.9 Å². The largest absolute Gasteiger partial charge is 0.474 e. The van der Waals surface area contributed by atoms with Gasteiger partial charge in [-0.1, -0.05) is 0 Å². The molecule has 2 saturated carbocycles. The average molecular weight is 1100 g/mol. The number of hydrogen-bond acceptors (Lipinski definition) is 19. The molecule has 0 spiro atoms. The highest BCUT2D eigenvalue weighted by Crippen LogP contribution is 2.47. The number of carbonyl (C=O) groups is 4. The topological polar surface area (TPSA) is 386 Å². The monoisotopic (exact) mass is 1100 g/mol. The first-order chi connectivity index (χ1) is 38.1. The molecule has 32 heteroatoms. The highest BCUT2D eigenvalue weighted by Gasteiger charge is 2.33. The summed E-state index contributed by atoms with van der Waals surface area (Å²) in [7, 11) is -6.29. The predicted molar refractivity (Wildman–Crippen MR) is 267 cm³/mol. The first-order valence-corrected chi connectivity index (χ1v) is 25.8. The molecule has 1 unspecified atom stereocenters. The minimum atomic E-state index is -4.98. The van der Waals surface area contributed by atoms with Gasteiger partial charge >= 0.3 is 15.6 Å². The number of aromatic nitrogens is 12. The van der Waals surface area contributed by atoms with E-state index in [4.69, 9.17) is 27.1 Å². The van der Waals surface area contributed by atoms with Crippen LogP contribution in [0.15, 0.2) is 59.0 Å². The van der Waals surface area contributed by atoms with Gasteiger partial charge in [-0.05, 0) is 72.4 Å². The van der Waals surface area contributed by atoms with Crippen LogP contribution in [0.2, 0.25) is 0 Å². The first kappa shape index (κ1) is 48.1. The molecule has 0 aromatic carbocycles. The number of phosphoric acid groups is 2. The number of phosphoric ester groups is 2. The van der Waals surface area contributed by atoms with Crippen LogP contribution in [-0.4, -0.2) is 117 Å². The van der Waals surface area contributed by atoms with E-state index in [1.54, 1.807) is 78.6 Å². The van der Waals surface area contributed by atoms with Crippen molar-refractivity contribution in [1.29, 1.82) is 0 Å². The molecule has 4 amide bonds. The third-order valence-corrected chi connectivity index (χ3v) is 12.4. The Morgan fingerprint density at radius 2 is 1.13 bits per heavy atom. The number of nitrogens with one attached hydrogen (secondary N) is 4. The maximum Gasteiger partial charge on any atom is 0.474 e. The van der Waals surface area contributed by atoms with Crippen molar-refractivity contribution >= 4 is 62.5 Å². The van der Waals surface area contributed by atoms with Crippen molar-refractivity contribution in [3.63, 3.8) is 0 Å². The number of anilines is 2. The van der Waals surface area contributed by atoms with Crippen LogP contribution in [0.1, 0.15) is 86.8 Å². The molecule has 0 radical (unpaired) electrons. The Balaban J connectivity index is 0.000000237. The minimum Gasteiger partial charge on any atom is -0.354 e. The van der Waals surface area contributed by atoms with Crippen molar-refractivity contribution in [2.75, 3.05) is 24.6 Å². The Morgan fingerprint density at radius 3 is 1.49 bits per heavy atom. The van der Waals surface area contributed by atoms with Crippen molar-refractivity contribution in [1.82, 2.24) is 70.2 Å². The summed E-state index contributed by atoms with van der Waals surface area (Å²) in [5.74, 6) is -3.39. The molecule has 30 nitrogen and oxygen atoms in total. The minimum absolute atomic E-state index is 0.0421. The fourth-order valence-corrected chi connectivity index (χ4v) is 8.04. The second-order valence-electron chi connectivity index (χ2n) is 17.9. The Kier molecular flexibility index (Phi) is 14.6. The van der Waals surface area contributed by atoms with Gasteiger partial charge < -0.3 is 35.9 Å². The number of amides is 4. The molecule has 1 atom stereocenters. The number of nitrogens with zero attached hydrogens (tertiary/aromatic N) is 14. The van der Waals surface area contributed by atoms with Gasteiger partial charge in [-0.15, -0.1) is 0 Å². The zero-order valence-electron chi connectivity index (χ0n) is 47.7. The van der Waals surface area contributed by atoms with Gasteiger partial charge in [-0.2, -0.15) is 40.2 Å². The summed E-state index contributed by atoms with van der Waals surface area (Å²) in [5.41, 5.74) is 1.43. The molecular weight excluding hydrogens is 1030 g/mol. The summed E-state index contributed by atoms with van der Waals surface area (Å²) in [6.07, 6.45) is 8.71. The summed E-state index contributed by atoms with van der Waals surface area (Å²) in [5, 5.41) is 33.5. The number of hydrogen-bond donors (Lipinski definition) is 7. The molecule has 76 heavy (non-hydrogen) atoms. The third kappa shape index (κ3) is 14.8. The summed E-state index contributed by atoms with van der Waals surface area (Å²) in [4.78, 5) is 100. The number of pyridine rings is 2. The Hall–Kier alpha value is -7.56. The van der Waals surface area contributed by atoms with Crippen LogP contribution in [0.4, 0.5) is 23.3 Å². The van der Waals surface area contributed by atoms with Crippen LogP contribution in [0.3, 0.4) is 0 Å². The van der Waals surface area contributed by atoms with Gasteiger partial charge in [-0.3, -0.25) is 32.7 Å². The lowest BCUT2D eigenvalue weighted by Gasteiger charge is -2.23. The summed E-state index contributed by atoms with van der Waals surface area (Å²) in [6.45, 7) is 0.694. The van der Waals surface area contributed by atoms with E-state index in [-0.39, 0.29) is 57.6 Å². The highest BCUT2D eigenvalue weighted by molar-refractivity contribution is 7.47. The van der Waals surface area contributed by atoms with Gasteiger partial charge in [0.05, 0.1) is 18.0 Å². The Labute approximate surface area is 441 Å². The first-order valence-electron chi connectivity index (χ1n) is 25.7. The third-order valence-electron chi connectivity index (χ3n) is 10.7. The second kappa shape index (κ2) is 23.1. The second-order valence-corrected chi connectivity index (χ2v) is 20.5. The van der Waals surface area contributed by atoms with Gasteiger partial charge in [0, 0.05) is 94.9 Å². The van der Waals surface area contributed by atoms with Crippen molar-refractivity contribution in [3.8, 4) is 22.5 Å². The molecule has 0 bridgehead atoms. The smallest absolute Gasteiger partial charge is 0.354 e. The summed E-state index contributed by atoms with van der Waals surface area (Å²) >= 11 is 0. The van der Waals surface area contributed by atoms with E-state index in [0.717, 1.165) is 9.36 Å². The lowest BCUT2D eigenvalue weighted by molar-refractivity contribution is -0.118. The van der Waals surface area contributed by atoms with E-state index in [2.05, 4.69) is 65.7 Å². The molecule has 0 saturated heterocycles. The summed E-state index contributed by atoms with van der Waals surface area (Å²) in [6, 6.07) is 5.89. The quantitative estimate of drug-likeness (QED) is 0.0645. The van der Waals surface area contributed by atoms with E-state index in [1.165, 1.54) is 34.1 Å². The van der Waals surface area contributed by atoms with E-state index < -0.39 is 71.9 Å². The zero-order chi connectivity index (χ0) is 60.3. The van der Waals surface area contributed by atoms with Crippen LogP contribution in [0.5, 0.6) is 0 Å². The van der Waals surface area contributed by atoms with Crippen molar-refractivity contribution < 1.29 is 64.8 Å². The SMILES string of the molecule is [2H]C([2H])([2H])NC(=O)c1nn(COP(=O)(O)O)c(NC(=O)C2CC2)cc1=Nc1nccc(-c2cnn(C)n2)c1C.[2H]C([2H])([2H])NC(=O)c1nn(COP(=O)(O)OC(C)(C)C)c(NC(=O)C2CC2)cc1=Nc1nccc(-c2cnn(C)n2)c1C. The molecule has 6 aromatic heterocycles. The molecule has 7 N–H and O–H groups in total. The van der Waals surface area contributed by atoms with Crippen molar-refractivity contribution in [3.05, 3.63) is 82.3 Å². The van der Waals surface area contributed by atoms with Gasteiger partial charge in [0.15, 0.2) is 36.5 Å². The van der Waals surface area contributed by atoms with Gasteiger partial charge in [-0.25, -0.2) is 38.4 Å². The molecule has 8 rings (SSSR count).